The van der Waals surface area contributed by atoms with Crippen LogP contribution in [0.15, 0.2) is 70.2 Å². The Morgan fingerprint density at radius 2 is 2.00 bits per heavy atom. The van der Waals surface area contributed by atoms with Crippen LogP contribution in [0, 0.1) is 10.1 Å². The van der Waals surface area contributed by atoms with E-state index in [0.717, 1.165) is 21.6 Å². The molecule has 0 atom stereocenters. The lowest BCUT2D eigenvalue weighted by atomic mass is 10.1. The maximum atomic E-state index is 11.0. The minimum atomic E-state index is -0.387. The molecule has 0 amide bonds. The fourth-order valence-corrected chi connectivity index (χ4v) is 3.34. The maximum Gasteiger partial charge on any atom is 0.270 e. The van der Waals surface area contributed by atoms with Crippen LogP contribution in [0.2, 0.25) is 0 Å². The molecule has 3 rings (SSSR count). The molecule has 0 N–H and O–H groups in total. The number of benzene rings is 2. The van der Waals surface area contributed by atoms with Crippen LogP contribution in [0.3, 0.4) is 0 Å². The maximum absolute atomic E-state index is 11.0. The van der Waals surface area contributed by atoms with E-state index in [1.54, 1.807) is 18.3 Å². The van der Waals surface area contributed by atoms with Crippen LogP contribution in [-0.4, -0.2) is 15.7 Å². The second-order valence-electron chi connectivity index (χ2n) is 5.21. The molecule has 6 nitrogen and oxygen atoms in total. The summed E-state index contributed by atoms with van der Waals surface area (Å²) in [6, 6.07) is 16.4. The summed E-state index contributed by atoms with van der Waals surface area (Å²) in [6.07, 6.45) is 1.70. The first-order valence-electron chi connectivity index (χ1n) is 7.74. The summed E-state index contributed by atoms with van der Waals surface area (Å²) in [5.41, 5.74) is 2.74. The van der Waals surface area contributed by atoms with E-state index in [2.05, 4.69) is 10.2 Å². The summed E-state index contributed by atoms with van der Waals surface area (Å²) in [6.45, 7) is 2.70. The Morgan fingerprint density at radius 1 is 1.20 bits per heavy atom. The molecule has 0 aliphatic carbocycles. The number of aromatic nitrogens is 1. The topological polar surface area (TPSA) is 72.8 Å². The van der Waals surface area contributed by atoms with Gasteiger partial charge in [0.05, 0.1) is 16.8 Å². The van der Waals surface area contributed by atoms with Crippen molar-refractivity contribution in [2.24, 2.45) is 10.2 Å². The highest BCUT2D eigenvalue weighted by Crippen LogP contribution is 2.24. The molecule has 0 radical (unpaired) electrons. The van der Waals surface area contributed by atoms with Gasteiger partial charge in [0.1, 0.15) is 0 Å². The van der Waals surface area contributed by atoms with E-state index < -0.39 is 0 Å². The summed E-state index contributed by atoms with van der Waals surface area (Å²) in [5.74, 6) is 0. The number of nitro benzene ring substituents is 1. The standard InChI is InChI=1S/C18H16N4O2S/c1-2-21-17(15-9-6-10-16(11-15)22(23)24)13-25-18(21)20-19-12-14-7-4-3-5-8-14/h3-13H,2H2,1H3/b19-12-,20-18-. The van der Waals surface area contributed by atoms with Gasteiger partial charge >= 0.3 is 0 Å². The summed E-state index contributed by atoms with van der Waals surface area (Å²) >= 11 is 1.46. The van der Waals surface area contributed by atoms with E-state index in [-0.39, 0.29) is 10.6 Å². The van der Waals surface area contributed by atoms with Crippen LogP contribution in [0.4, 0.5) is 5.69 Å². The fraction of sp³-hybridized carbons (Fsp3) is 0.111. The average Bonchev–Trinajstić information content (AvgIpc) is 3.05. The van der Waals surface area contributed by atoms with Crippen molar-refractivity contribution in [1.29, 1.82) is 0 Å². The van der Waals surface area contributed by atoms with E-state index in [4.69, 9.17) is 0 Å². The first kappa shape index (κ1) is 16.8. The summed E-state index contributed by atoms with van der Waals surface area (Å²) in [4.78, 5) is 11.3. The van der Waals surface area contributed by atoms with Crippen molar-refractivity contribution in [1.82, 2.24) is 4.57 Å². The molecule has 1 heterocycles. The zero-order valence-electron chi connectivity index (χ0n) is 13.6. The number of rotatable bonds is 5. The number of non-ortho nitro benzene ring substituents is 1. The van der Waals surface area contributed by atoms with Crippen molar-refractivity contribution in [3.63, 3.8) is 0 Å². The molecule has 0 aliphatic rings. The van der Waals surface area contributed by atoms with Gasteiger partial charge in [0.25, 0.3) is 5.69 Å². The normalized spacial score (nSPS) is 12.0. The van der Waals surface area contributed by atoms with Gasteiger partial charge in [-0.3, -0.25) is 10.1 Å². The molecule has 0 bridgehead atoms. The molecule has 25 heavy (non-hydrogen) atoms. The van der Waals surface area contributed by atoms with Gasteiger partial charge in [0.2, 0.25) is 4.80 Å². The predicted octanol–water partition coefficient (Wildman–Crippen LogP) is 4.08. The Labute approximate surface area is 148 Å². The van der Waals surface area contributed by atoms with Gasteiger partial charge in [-0.1, -0.05) is 42.5 Å². The number of hydrogen-bond donors (Lipinski definition) is 0. The van der Waals surface area contributed by atoms with E-state index in [1.807, 2.05) is 53.3 Å². The van der Waals surface area contributed by atoms with Gasteiger partial charge in [-0.2, -0.15) is 5.10 Å². The Kier molecular flexibility index (Phi) is 5.15. The highest BCUT2D eigenvalue weighted by Gasteiger charge is 2.11. The molecule has 126 valence electrons. The predicted molar refractivity (Wildman–Crippen MR) is 99.7 cm³/mol. The fourth-order valence-electron chi connectivity index (χ4n) is 2.41. The second kappa shape index (κ2) is 7.67. The van der Waals surface area contributed by atoms with E-state index in [0.29, 0.717) is 6.54 Å². The van der Waals surface area contributed by atoms with Gasteiger partial charge in [-0.05, 0) is 12.5 Å². The van der Waals surface area contributed by atoms with Crippen LogP contribution in [-0.2, 0) is 6.54 Å². The summed E-state index contributed by atoms with van der Waals surface area (Å²) in [5, 5.41) is 21.4. The highest BCUT2D eigenvalue weighted by atomic mass is 32.1. The van der Waals surface area contributed by atoms with E-state index in [9.17, 15) is 10.1 Å². The minimum Gasteiger partial charge on any atom is -0.315 e. The molecule has 0 aliphatic heterocycles. The third kappa shape index (κ3) is 3.89. The lowest BCUT2D eigenvalue weighted by Crippen LogP contribution is -2.14. The van der Waals surface area contributed by atoms with Crippen LogP contribution < -0.4 is 4.80 Å². The first-order valence-corrected chi connectivity index (χ1v) is 8.62. The average molecular weight is 352 g/mol. The number of hydrogen-bond acceptors (Lipinski definition) is 5. The largest absolute Gasteiger partial charge is 0.315 e. The molecule has 0 saturated heterocycles. The second-order valence-corrected chi connectivity index (χ2v) is 6.05. The third-order valence-electron chi connectivity index (χ3n) is 3.62. The monoisotopic (exact) mass is 352 g/mol. The van der Waals surface area contributed by atoms with Crippen molar-refractivity contribution in [3.05, 3.63) is 80.5 Å². The summed E-state index contributed by atoms with van der Waals surface area (Å²) < 4.78 is 1.99. The van der Waals surface area contributed by atoms with E-state index >= 15 is 0 Å². The Morgan fingerprint density at radius 3 is 2.72 bits per heavy atom. The van der Waals surface area contributed by atoms with Crippen LogP contribution in [0.1, 0.15) is 12.5 Å². The van der Waals surface area contributed by atoms with Crippen LogP contribution in [0.5, 0.6) is 0 Å². The zero-order valence-corrected chi connectivity index (χ0v) is 14.4. The Bertz CT molecular complexity index is 974. The molecule has 0 unspecified atom stereocenters. The first-order chi connectivity index (χ1) is 12.2. The molecule has 1 aromatic heterocycles. The van der Waals surface area contributed by atoms with Crippen molar-refractivity contribution < 1.29 is 4.92 Å². The van der Waals surface area contributed by atoms with Gasteiger partial charge in [-0.25, -0.2) is 0 Å². The minimum absolute atomic E-state index is 0.0759. The molecule has 3 aromatic rings. The van der Waals surface area contributed by atoms with Gasteiger partial charge in [0.15, 0.2) is 0 Å². The van der Waals surface area contributed by atoms with Gasteiger partial charge in [-0.15, -0.1) is 16.4 Å². The van der Waals surface area contributed by atoms with Gasteiger partial charge < -0.3 is 4.57 Å². The molecule has 0 spiro atoms. The zero-order chi connectivity index (χ0) is 17.6. The van der Waals surface area contributed by atoms with Crippen molar-refractivity contribution in [2.75, 3.05) is 0 Å². The molecular weight excluding hydrogens is 336 g/mol. The van der Waals surface area contributed by atoms with Crippen molar-refractivity contribution >= 4 is 23.2 Å². The number of nitro groups is 1. The lowest BCUT2D eigenvalue weighted by molar-refractivity contribution is -0.384. The SMILES string of the molecule is CCn1c(-c2cccc([N+](=O)[O-])c2)cs/c1=N\N=C/c1ccccc1. The molecule has 0 fully saturated rings. The Balaban J connectivity index is 1.96. The van der Waals surface area contributed by atoms with Crippen molar-refractivity contribution in [3.8, 4) is 11.3 Å². The summed E-state index contributed by atoms with van der Waals surface area (Å²) in [7, 11) is 0. The quantitative estimate of drug-likeness (QED) is 0.394. The molecule has 7 heteroatoms. The van der Waals surface area contributed by atoms with Crippen LogP contribution >= 0.6 is 11.3 Å². The molecular formula is C18H16N4O2S. The van der Waals surface area contributed by atoms with Crippen LogP contribution in [0.25, 0.3) is 11.3 Å². The number of nitrogens with zero attached hydrogens (tertiary/aromatic N) is 4. The lowest BCUT2D eigenvalue weighted by Gasteiger charge is -2.05. The molecule has 0 saturated carbocycles. The highest BCUT2D eigenvalue weighted by molar-refractivity contribution is 7.07. The third-order valence-corrected chi connectivity index (χ3v) is 4.47. The van der Waals surface area contributed by atoms with E-state index in [1.165, 1.54) is 17.4 Å². The van der Waals surface area contributed by atoms with Gasteiger partial charge in [0, 0.05) is 29.6 Å². The smallest absolute Gasteiger partial charge is 0.270 e. The van der Waals surface area contributed by atoms with Crippen molar-refractivity contribution in [2.45, 2.75) is 13.5 Å². The Hall–Kier alpha value is -3.06. The molecule has 2 aromatic carbocycles. The number of thiazole rings is 1.